The molecule has 156 valence electrons. The lowest BCUT2D eigenvalue weighted by Gasteiger charge is -2.25. The number of benzene rings is 2. The lowest BCUT2D eigenvalue weighted by molar-refractivity contribution is -0.115. The second-order valence-electron chi connectivity index (χ2n) is 7.00. The molecule has 4 rings (SSSR count). The van der Waals surface area contributed by atoms with Crippen molar-refractivity contribution in [2.24, 2.45) is 7.05 Å². The zero-order valence-electron chi connectivity index (χ0n) is 16.8. The molecule has 0 radical (unpaired) electrons. The van der Waals surface area contributed by atoms with Gasteiger partial charge in [-0.05, 0) is 59.6 Å². The molecular weight excluding hydrogens is 468 g/mol. The first-order valence-corrected chi connectivity index (χ1v) is 11.1. The number of hydrogen-bond donors (Lipinski definition) is 1. The summed E-state index contributed by atoms with van der Waals surface area (Å²) in [6, 6.07) is 13.3. The smallest absolute Gasteiger partial charge is 0.237 e. The maximum Gasteiger partial charge on any atom is 0.237 e. The molecule has 1 aliphatic heterocycles. The Morgan fingerprint density at radius 2 is 2.03 bits per heavy atom. The summed E-state index contributed by atoms with van der Waals surface area (Å²) >= 11 is 4.83. The molecule has 2 unspecified atom stereocenters. The molecule has 0 spiro atoms. The fourth-order valence-electron chi connectivity index (χ4n) is 3.02. The Morgan fingerprint density at radius 1 is 1.27 bits per heavy atom. The van der Waals surface area contributed by atoms with Crippen molar-refractivity contribution in [1.82, 2.24) is 14.8 Å². The Morgan fingerprint density at radius 3 is 2.80 bits per heavy atom. The van der Waals surface area contributed by atoms with Gasteiger partial charge >= 0.3 is 0 Å². The molecule has 2 atom stereocenters. The van der Waals surface area contributed by atoms with Gasteiger partial charge in [0, 0.05) is 11.5 Å². The van der Waals surface area contributed by atoms with Crippen molar-refractivity contribution < 1.29 is 14.3 Å². The predicted molar refractivity (Wildman–Crippen MR) is 119 cm³/mol. The van der Waals surface area contributed by atoms with E-state index in [-0.39, 0.29) is 17.3 Å². The van der Waals surface area contributed by atoms with E-state index in [2.05, 4.69) is 31.4 Å². The predicted octanol–water partition coefficient (Wildman–Crippen LogP) is 4.52. The highest BCUT2D eigenvalue weighted by Gasteiger charge is 2.28. The average Bonchev–Trinajstić information content (AvgIpc) is 3.09. The monoisotopic (exact) mass is 488 g/mol. The number of carbonyl (C=O) groups is 1. The maximum atomic E-state index is 12.7. The number of halogens is 1. The van der Waals surface area contributed by atoms with Gasteiger partial charge in [0.15, 0.2) is 28.6 Å². The van der Waals surface area contributed by atoms with Crippen molar-refractivity contribution in [1.29, 1.82) is 0 Å². The van der Waals surface area contributed by atoms with Crippen molar-refractivity contribution in [2.45, 2.75) is 30.4 Å². The van der Waals surface area contributed by atoms with E-state index < -0.39 is 0 Å². The number of aryl methyl sites for hydroxylation is 1. The quantitative estimate of drug-likeness (QED) is 0.532. The van der Waals surface area contributed by atoms with Crippen molar-refractivity contribution in [2.75, 3.05) is 11.9 Å². The number of thioether (sulfide) groups is 1. The Bertz CT molecular complexity index is 1090. The Labute approximate surface area is 187 Å². The Kier molecular flexibility index (Phi) is 6.01. The number of carbonyl (C=O) groups excluding carboxylic acids is 1. The highest BCUT2D eigenvalue weighted by Crippen LogP contribution is 2.36. The molecule has 0 fully saturated rings. The first-order chi connectivity index (χ1) is 14.4. The Balaban J connectivity index is 1.43. The Hall–Kier alpha value is -2.52. The van der Waals surface area contributed by atoms with E-state index in [1.54, 1.807) is 0 Å². The molecule has 1 aromatic heterocycles. The van der Waals surface area contributed by atoms with E-state index in [0.29, 0.717) is 23.3 Å². The molecule has 0 saturated heterocycles. The summed E-state index contributed by atoms with van der Waals surface area (Å²) < 4.78 is 14.5. The molecule has 2 aromatic carbocycles. The van der Waals surface area contributed by atoms with E-state index in [0.717, 1.165) is 21.5 Å². The van der Waals surface area contributed by atoms with Crippen LogP contribution in [0.2, 0.25) is 0 Å². The minimum Gasteiger partial charge on any atom is -0.485 e. The second-order valence-corrected chi connectivity index (χ2v) is 9.16. The third kappa shape index (κ3) is 4.32. The van der Waals surface area contributed by atoms with Crippen LogP contribution >= 0.6 is 27.7 Å². The second kappa shape index (κ2) is 8.69. The lowest BCUT2D eigenvalue weighted by atomic mass is 10.2. The van der Waals surface area contributed by atoms with Crippen LogP contribution < -0.4 is 14.8 Å². The van der Waals surface area contributed by atoms with E-state index in [9.17, 15) is 4.79 Å². The van der Waals surface area contributed by atoms with Gasteiger partial charge in [0.25, 0.3) is 0 Å². The zero-order valence-corrected chi connectivity index (χ0v) is 19.2. The number of rotatable bonds is 5. The number of aromatic nitrogens is 3. The largest absolute Gasteiger partial charge is 0.485 e. The molecule has 30 heavy (non-hydrogen) atoms. The highest BCUT2D eigenvalue weighted by molar-refractivity contribution is 9.10. The third-order valence-corrected chi connectivity index (χ3v) is 6.49. The van der Waals surface area contributed by atoms with Gasteiger partial charge in [0.05, 0.1) is 10.9 Å². The first-order valence-electron chi connectivity index (χ1n) is 9.44. The van der Waals surface area contributed by atoms with Gasteiger partial charge < -0.3 is 19.4 Å². The number of hydrogen-bond acceptors (Lipinski definition) is 6. The van der Waals surface area contributed by atoms with Crippen LogP contribution in [-0.2, 0) is 11.8 Å². The number of nitrogens with zero attached hydrogens (tertiary/aromatic N) is 3. The van der Waals surface area contributed by atoms with E-state index in [1.165, 1.54) is 11.8 Å². The van der Waals surface area contributed by atoms with Crippen LogP contribution in [0.1, 0.15) is 24.4 Å². The number of fused-ring (bicyclic) bond motifs is 1. The maximum absolute atomic E-state index is 12.7. The number of ether oxygens (including phenoxy) is 2. The van der Waals surface area contributed by atoms with E-state index in [4.69, 9.17) is 9.47 Å². The van der Waals surface area contributed by atoms with Gasteiger partial charge in [-0.3, -0.25) is 4.79 Å². The lowest BCUT2D eigenvalue weighted by Crippen LogP contribution is -2.25. The van der Waals surface area contributed by atoms with Crippen molar-refractivity contribution in [3.8, 4) is 11.5 Å². The summed E-state index contributed by atoms with van der Waals surface area (Å²) in [6.45, 7) is 4.19. The summed E-state index contributed by atoms with van der Waals surface area (Å²) in [4.78, 5) is 12.7. The topological polar surface area (TPSA) is 78.3 Å². The molecule has 1 aliphatic rings. The van der Waals surface area contributed by atoms with Crippen LogP contribution in [0.5, 0.6) is 11.5 Å². The van der Waals surface area contributed by atoms with Gasteiger partial charge in [0.2, 0.25) is 5.91 Å². The van der Waals surface area contributed by atoms with Crippen molar-refractivity contribution in [3.05, 3.63) is 58.3 Å². The van der Waals surface area contributed by atoms with Crippen LogP contribution in [0.25, 0.3) is 0 Å². The van der Waals surface area contributed by atoms with Crippen molar-refractivity contribution >= 4 is 39.3 Å². The summed E-state index contributed by atoms with van der Waals surface area (Å²) in [7, 11) is 1.86. The van der Waals surface area contributed by atoms with E-state index in [1.807, 2.05) is 67.9 Å². The molecular formula is C21H21BrN4O3S. The molecule has 2 heterocycles. The molecule has 0 bridgehead atoms. The molecule has 7 nitrogen and oxygen atoms in total. The fraction of sp³-hybridized carbons (Fsp3) is 0.286. The van der Waals surface area contributed by atoms with Crippen molar-refractivity contribution in [3.63, 3.8) is 0 Å². The van der Waals surface area contributed by atoms with Gasteiger partial charge in [-0.25, -0.2) is 0 Å². The third-order valence-electron chi connectivity index (χ3n) is 4.70. The molecule has 9 heteroatoms. The molecule has 3 aromatic rings. The number of amides is 1. The fourth-order valence-corrected chi connectivity index (χ4v) is 4.44. The summed E-state index contributed by atoms with van der Waals surface area (Å²) in [5, 5.41) is 11.8. The van der Waals surface area contributed by atoms with Crippen LogP contribution in [0, 0.1) is 6.92 Å². The van der Waals surface area contributed by atoms with Crippen LogP contribution in [0.15, 0.2) is 52.1 Å². The minimum atomic E-state index is -0.363. The summed E-state index contributed by atoms with van der Waals surface area (Å²) in [5.74, 6) is 1.95. The number of nitrogens with one attached hydrogen (secondary N) is 1. The normalized spacial score (nSPS) is 16.2. The van der Waals surface area contributed by atoms with Crippen LogP contribution in [0.3, 0.4) is 0 Å². The summed E-state index contributed by atoms with van der Waals surface area (Å²) in [6.07, 6.45) is -0.362. The van der Waals surface area contributed by atoms with Gasteiger partial charge in [-0.2, -0.15) is 0 Å². The van der Waals surface area contributed by atoms with Crippen LogP contribution in [0.4, 0.5) is 5.69 Å². The van der Waals surface area contributed by atoms with Gasteiger partial charge in [0.1, 0.15) is 6.61 Å². The number of anilines is 1. The minimum absolute atomic E-state index is 0.111. The standard InChI is InChI=1S/C21H21BrN4O3S/c1-12-8-9-15(14(22)10-12)23-20(27)13(2)30-21-25-24-19(26(21)3)18-11-28-16-6-4-5-7-17(16)29-18/h4-10,13,18H,11H2,1-3H3,(H,23,27). The summed E-state index contributed by atoms with van der Waals surface area (Å²) in [5.41, 5.74) is 1.86. The molecule has 1 N–H and O–H groups in total. The SMILES string of the molecule is Cc1ccc(NC(=O)C(C)Sc2nnc(C3COc4ccccc4O3)n2C)c(Br)c1. The first kappa shape index (κ1) is 20.7. The van der Waals surface area contributed by atoms with Gasteiger partial charge in [-0.1, -0.05) is 30.0 Å². The van der Waals surface area contributed by atoms with Crippen LogP contribution in [-0.4, -0.2) is 32.5 Å². The molecule has 0 aliphatic carbocycles. The molecule has 0 saturated carbocycles. The van der Waals surface area contributed by atoms with Gasteiger partial charge in [-0.15, -0.1) is 10.2 Å². The van der Waals surface area contributed by atoms with E-state index >= 15 is 0 Å². The average molecular weight is 489 g/mol. The number of para-hydroxylation sites is 2. The zero-order chi connectivity index (χ0) is 21.3. The highest BCUT2D eigenvalue weighted by atomic mass is 79.9. The molecule has 1 amide bonds.